The first kappa shape index (κ1) is 23.5. The van der Waals surface area contributed by atoms with Crippen LogP contribution in [0.15, 0.2) is 66.7 Å². The van der Waals surface area contributed by atoms with Crippen LogP contribution in [0.25, 0.3) is 0 Å². The van der Waals surface area contributed by atoms with Crippen molar-refractivity contribution in [3.8, 4) is 23.8 Å². The van der Waals surface area contributed by atoms with Crippen molar-refractivity contribution >= 4 is 0 Å². The van der Waals surface area contributed by atoms with E-state index in [4.69, 9.17) is 11.2 Å². The molecule has 0 aliphatic heterocycles. The molecule has 3 heteroatoms. The molecule has 0 heterocycles. The molecule has 1 nitrogen and oxygen atoms in total. The summed E-state index contributed by atoms with van der Waals surface area (Å²) >= 11 is 0. The smallest absolute Gasteiger partial charge is 0.165 e. The summed E-state index contributed by atoms with van der Waals surface area (Å²) in [6.07, 6.45) is 8.34. The van der Waals surface area contributed by atoms with E-state index >= 15 is 0 Å². The minimum Gasteiger partial charge on any atom is -0.454 e. The topological polar surface area (TPSA) is 9.23 Å². The van der Waals surface area contributed by atoms with Crippen LogP contribution in [0.4, 0.5) is 8.78 Å². The third-order valence-electron chi connectivity index (χ3n) is 5.89. The van der Waals surface area contributed by atoms with Crippen molar-refractivity contribution in [2.45, 2.75) is 57.8 Å². The number of hydrogen-bond donors (Lipinski definition) is 0. The van der Waals surface area contributed by atoms with Gasteiger partial charge in [0.2, 0.25) is 0 Å². The van der Waals surface area contributed by atoms with Gasteiger partial charge in [0.05, 0.1) is 5.41 Å². The molecule has 1 unspecified atom stereocenters. The highest BCUT2D eigenvalue weighted by molar-refractivity contribution is 5.38. The molecule has 0 aromatic heterocycles. The van der Waals surface area contributed by atoms with Gasteiger partial charge < -0.3 is 4.74 Å². The molecule has 0 N–H and O–H groups in total. The molecule has 0 saturated heterocycles. The van der Waals surface area contributed by atoms with E-state index in [1.165, 1.54) is 35.9 Å². The molecule has 0 radical (unpaired) electrons. The standard InChI is InChI=1S/C29H30F2O/c1-6-29(5,23-12-10-22(11-13-23)28(2,3)4)19-7-8-21-9-18-26(31)27(20-21)32-25-16-14-24(30)15-17-25/h1,9-18,20H,7-8,19H2,2-5H3. The molecule has 3 rings (SSSR count). The molecule has 0 saturated carbocycles. The minimum absolute atomic E-state index is 0.0986. The predicted molar refractivity (Wildman–Crippen MR) is 127 cm³/mol. The van der Waals surface area contributed by atoms with Gasteiger partial charge in [0.15, 0.2) is 11.6 Å². The first-order chi connectivity index (χ1) is 15.1. The van der Waals surface area contributed by atoms with Crippen molar-refractivity contribution in [2.75, 3.05) is 0 Å². The third-order valence-corrected chi connectivity index (χ3v) is 5.89. The average molecular weight is 433 g/mol. The van der Waals surface area contributed by atoms with Gasteiger partial charge in [-0.1, -0.05) is 57.0 Å². The first-order valence-electron chi connectivity index (χ1n) is 10.9. The first-order valence-corrected chi connectivity index (χ1v) is 10.9. The summed E-state index contributed by atoms with van der Waals surface area (Å²) < 4.78 is 32.9. The fourth-order valence-corrected chi connectivity index (χ4v) is 3.70. The third kappa shape index (κ3) is 5.77. The second kappa shape index (κ2) is 9.57. The molecular formula is C29H30F2O. The lowest BCUT2D eigenvalue weighted by Gasteiger charge is -2.26. The number of benzene rings is 3. The van der Waals surface area contributed by atoms with Crippen LogP contribution < -0.4 is 4.74 Å². The van der Waals surface area contributed by atoms with Crippen LogP contribution in [0.3, 0.4) is 0 Å². The Morgan fingerprint density at radius 1 is 0.844 bits per heavy atom. The maximum absolute atomic E-state index is 14.2. The Morgan fingerprint density at radius 2 is 1.47 bits per heavy atom. The Kier molecular flexibility index (Phi) is 7.04. The zero-order valence-electron chi connectivity index (χ0n) is 19.2. The van der Waals surface area contributed by atoms with Crippen molar-refractivity contribution in [1.29, 1.82) is 0 Å². The summed E-state index contributed by atoms with van der Waals surface area (Å²) in [6, 6.07) is 19.0. The fourth-order valence-electron chi connectivity index (χ4n) is 3.70. The number of rotatable bonds is 7. The maximum Gasteiger partial charge on any atom is 0.165 e. The van der Waals surface area contributed by atoms with E-state index < -0.39 is 5.82 Å². The molecule has 0 amide bonds. The molecule has 3 aromatic rings. The normalized spacial score (nSPS) is 13.3. The van der Waals surface area contributed by atoms with Gasteiger partial charge in [-0.3, -0.25) is 0 Å². The Bertz CT molecular complexity index is 1090. The van der Waals surface area contributed by atoms with Crippen LogP contribution in [-0.4, -0.2) is 0 Å². The van der Waals surface area contributed by atoms with Gasteiger partial charge in [0.25, 0.3) is 0 Å². The number of terminal acetylenes is 1. The van der Waals surface area contributed by atoms with Gasteiger partial charge in [0.1, 0.15) is 11.6 Å². The van der Waals surface area contributed by atoms with Gasteiger partial charge in [0, 0.05) is 0 Å². The second-order valence-corrected chi connectivity index (χ2v) is 9.48. The number of halogens is 2. The van der Waals surface area contributed by atoms with Crippen molar-refractivity contribution in [2.24, 2.45) is 0 Å². The lowest BCUT2D eigenvalue weighted by Crippen LogP contribution is -2.20. The second-order valence-electron chi connectivity index (χ2n) is 9.48. The quantitative estimate of drug-likeness (QED) is 0.344. The number of aryl methyl sites for hydroxylation is 1. The highest BCUT2D eigenvalue weighted by Gasteiger charge is 2.24. The molecule has 32 heavy (non-hydrogen) atoms. The van der Waals surface area contributed by atoms with Crippen LogP contribution in [0.5, 0.6) is 11.5 Å². The van der Waals surface area contributed by atoms with Crippen molar-refractivity contribution in [1.82, 2.24) is 0 Å². The summed E-state index contributed by atoms with van der Waals surface area (Å²) in [5, 5.41) is 0. The fraction of sp³-hybridized carbons (Fsp3) is 0.310. The molecule has 0 spiro atoms. The van der Waals surface area contributed by atoms with Gasteiger partial charge in [-0.05, 0) is 84.7 Å². The molecule has 1 atom stereocenters. The summed E-state index contributed by atoms with van der Waals surface area (Å²) in [5.41, 5.74) is 3.10. The van der Waals surface area contributed by atoms with Crippen LogP contribution >= 0.6 is 0 Å². The summed E-state index contributed by atoms with van der Waals surface area (Å²) in [7, 11) is 0. The Labute approximate surface area is 190 Å². The van der Waals surface area contributed by atoms with E-state index in [1.54, 1.807) is 12.1 Å². The summed E-state index contributed by atoms with van der Waals surface area (Å²) in [4.78, 5) is 0. The predicted octanol–water partition coefficient (Wildman–Crippen LogP) is 7.97. The van der Waals surface area contributed by atoms with E-state index in [-0.39, 0.29) is 22.4 Å². The monoisotopic (exact) mass is 432 g/mol. The van der Waals surface area contributed by atoms with E-state index in [1.807, 2.05) is 0 Å². The zero-order chi connectivity index (χ0) is 23.4. The molecule has 0 fully saturated rings. The van der Waals surface area contributed by atoms with Gasteiger partial charge in [-0.15, -0.1) is 6.42 Å². The maximum atomic E-state index is 14.2. The lowest BCUT2D eigenvalue weighted by molar-refractivity contribution is 0.440. The van der Waals surface area contributed by atoms with E-state index in [0.29, 0.717) is 5.75 Å². The van der Waals surface area contributed by atoms with Gasteiger partial charge in [-0.25, -0.2) is 8.78 Å². The molecule has 166 valence electrons. The Hall–Kier alpha value is -3.12. The van der Waals surface area contributed by atoms with Gasteiger partial charge >= 0.3 is 0 Å². The van der Waals surface area contributed by atoms with E-state index in [2.05, 4.69) is 57.9 Å². The SMILES string of the molecule is C#CC(C)(CCCc1ccc(F)c(Oc2ccc(F)cc2)c1)c1ccc(C(C)(C)C)cc1. The highest BCUT2D eigenvalue weighted by Crippen LogP contribution is 2.32. The Balaban J connectivity index is 1.67. The largest absolute Gasteiger partial charge is 0.454 e. The summed E-state index contributed by atoms with van der Waals surface area (Å²) in [6.45, 7) is 8.67. The van der Waals surface area contributed by atoms with Crippen LogP contribution in [0.1, 0.15) is 57.2 Å². The van der Waals surface area contributed by atoms with Crippen LogP contribution in [0.2, 0.25) is 0 Å². The molecule has 3 aromatic carbocycles. The molecule has 0 bridgehead atoms. The van der Waals surface area contributed by atoms with Crippen molar-refractivity contribution in [3.05, 3.63) is 95.1 Å². The number of ether oxygens (including phenoxy) is 1. The molecule has 0 aliphatic rings. The lowest BCUT2D eigenvalue weighted by atomic mass is 9.77. The average Bonchev–Trinajstić information content (AvgIpc) is 2.77. The highest BCUT2D eigenvalue weighted by atomic mass is 19.1. The number of hydrogen-bond acceptors (Lipinski definition) is 1. The summed E-state index contributed by atoms with van der Waals surface area (Å²) in [5.74, 6) is 2.68. The molecular weight excluding hydrogens is 402 g/mol. The Morgan fingerprint density at radius 3 is 2.06 bits per heavy atom. The molecule has 0 aliphatic carbocycles. The minimum atomic E-state index is -0.453. The van der Waals surface area contributed by atoms with Gasteiger partial charge in [-0.2, -0.15) is 0 Å². The van der Waals surface area contributed by atoms with Crippen LogP contribution in [0, 0.1) is 24.0 Å². The zero-order valence-corrected chi connectivity index (χ0v) is 19.2. The van der Waals surface area contributed by atoms with E-state index in [0.717, 1.165) is 30.4 Å². The van der Waals surface area contributed by atoms with Crippen molar-refractivity contribution < 1.29 is 13.5 Å². The van der Waals surface area contributed by atoms with Crippen LogP contribution in [-0.2, 0) is 17.3 Å². The van der Waals surface area contributed by atoms with Crippen molar-refractivity contribution in [3.63, 3.8) is 0 Å². The van der Waals surface area contributed by atoms with E-state index in [9.17, 15) is 8.78 Å².